The number of aryl methyl sites for hydroxylation is 3. The second kappa shape index (κ2) is 8.23. The zero-order valence-corrected chi connectivity index (χ0v) is 15.9. The van der Waals surface area contributed by atoms with Crippen LogP contribution < -0.4 is 0 Å². The third-order valence-corrected chi connectivity index (χ3v) is 5.25. The molecule has 0 saturated heterocycles. The molecule has 0 radical (unpaired) electrons. The van der Waals surface area contributed by atoms with Crippen LogP contribution in [-0.2, 0) is 17.1 Å². The fraction of sp³-hybridized carbons (Fsp3) is 0.238. The standard InChI is InChI=1S/C21H21NO3S/c1-14-8-10-17(11-9-14)12-24-21(23)18-6-4-5-7-20(18)26-13-19-15(2)22-25-16(19)3/h4-11H,12-13H2,1-3H3. The SMILES string of the molecule is Cc1ccc(COC(=O)c2ccccc2SCc2c(C)noc2C)cc1. The van der Waals surface area contributed by atoms with Crippen molar-refractivity contribution in [3.8, 4) is 0 Å². The van der Waals surface area contributed by atoms with Crippen LogP contribution in [0.1, 0.15) is 38.5 Å². The van der Waals surface area contributed by atoms with E-state index in [0.29, 0.717) is 11.3 Å². The number of ether oxygens (including phenoxy) is 1. The Hall–Kier alpha value is -2.53. The molecule has 26 heavy (non-hydrogen) atoms. The van der Waals surface area contributed by atoms with Gasteiger partial charge in [0.1, 0.15) is 12.4 Å². The fourth-order valence-corrected chi connectivity index (χ4v) is 3.72. The highest BCUT2D eigenvalue weighted by molar-refractivity contribution is 7.98. The molecule has 0 unspecified atom stereocenters. The number of carbonyl (C=O) groups is 1. The van der Waals surface area contributed by atoms with E-state index < -0.39 is 0 Å². The van der Waals surface area contributed by atoms with Crippen molar-refractivity contribution in [3.05, 3.63) is 82.2 Å². The maximum absolute atomic E-state index is 12.5. The molecular weight excluding hydrogens is 346 g/mol. The summed E-state index contributed by atoms with van der Waals surface area (Å²) >= 11 is 1.58. The highest BCUT2D eigenvalue weighted by atomic mass is 32.2. The van der Waals surface area contributed by atoms with Crippen molar-refractivity contribution in [1.82, 2.24) is 5.16 Å². The molecule has 0 bridgehead atoms. The number of aromatic nitrogens is 1. The van der Waals surface area contributed by atoms with Crippen molar-refractivity contribution in [2.45, 2.75) is 38.0 Å². The molecule has 2 aromatic carbocycles. The lowest BCUT2D eigenvalue weighted by Gasteiger charge is -2.09. The Labute approximate surface area is 157 Å². The van der Waals surface area contributed by atoms with Crippen LogP contribution >= 0.6 is 11.8 Å². The molecular formula is C21H21NO3S. The summed E-state index contributed by atoms with van der Waals surface area (Å²) < 4.78 is 10.7. The van der Waals surface area contributed by atoms with Gasteiger partial charge in [-0.25, -0.2) is 4.79 Å². The largest absolute Gasteiger partial charge is 0.457 e. The van der Waals surface area contributed by atoms with Crippen molar-refractivity contribution in [1.29, 1.82) is 0 Å². The van der Waals surface area contributed by atoms with Crippen LogP contribution in [0.5, 0.6) is 0 Å². The van der Waals surface area contributed by atoms with E-state index in [1.807, 2.05) is 63.2 Å². The maximum atomic E-state index is 12.5. The number of thioether (sulfide) groups is 1. The Kier molecular flexibility index (Phi) is 5.78. The molecule has 0 fully saturated rings. The summed E-state index contributed by atoms with van der Waals surface area (Å²) in [7, 11) is 0. The molecule has 3 rings (SSSR count). The summed E-state index contributed by atoms with van der Waals surface area (Å²) in [5, 5.41) is 3.98. The Morgan fingerprint density at radius 1 is 1.08 bits per heavy atom. The first-order chi connectivity index (χ1) is 12.5. The molecule has 0 saturated carbocycles. The van der Waals surface area contributed by atoms with E-state index in [1.54, 1.807) is 17.8 Å². The van der Waals surface area contributed by atoms with Gasteiger partial charge in [-0.3, -0.25) is 0 Å². The Morgan fingerprint density at radius 2 is 1.81 bits per heavy atom. The normalized spacial score (nSPS) is 10.7. The van der Waals surface area contributed by atoms with Gasteiger partial charge in [-0.2, -0.15) is 0 Å². The van der Waals surface area contributed by atoms with Gasteiger partial charge in [0.2, 0.25) is 0 Å². The molecule has 1 heterocycles. The predicted molar refractivity (Wildman–Crippen MR) is 102 cm³/mol. The average Bonchev–Trinajstić information content (AvgIpc) is 2.97. The maximum Gasteiger partial charge on any atom is 0.339 e. The van der Waals surface area contributed by atoms with Crippen molar-refractivity contribution in [2.75, 3.05) is 0 Å². The molecule has 1 aromatic heterocycles. The summed E-state index contributed by atoms with van der Waals surface area (Å²) in [5.41, 5.74) is 4.69. The van der Waals surface area contributed by atoms with Gasteiger partial charge in [-0.1, -0.05) is 47.1 Å². The summed E-state index contributed by atoms with van der Waals surface area (Å²) in [4.78, 5) is 13.4. The van der Waals surface area contributed by atoms with E-state index in [4.69, 9.17) is 9.26 Å². The first-order valence-corrected chi connectivity index (χ1v) is 9.39. The number of hydrogen-bond donors (Lipinski definition) is 0. The molecule has 0 spiro atoms. The van der Waals surface area contributed by atoms with Crippen LogP contribution in [0, 0.1) is 20.8 Å². The molecule has 3 aromatic rings. The van der Waals surface area contributed by atoms with Gasteiger partial charge in [0.15, 0.2) is 0 Å². The molecule has 0 aliphatic carbocycles. The number of nitrogens with zero attached hydrogens (tertiary/aromatic N) is 1. The zero-order chi connectivity index (χ0) is 18.5. The second-order valence-corrected chi connectivity index (χ2v) is 7.17. The van der Waals surface area contributed by atoms with Crippen LogP contribution in [0.4, 0.5) is 0 Å². The van der Waals surface area contributed by atoms with Gasteiger partial charge in [0.05, 0.1) is 11.3 Å². The summed E-state index contributed by atoms with van der Waals surface area (Å²) in [6, 6.07) is 15.5. The minimum Gasteiger partial charge on any atom is -0.457 e. The topological polar surface area (TPSA) is 52.3 Å². The van der Waals surface area contributed by atoms with E-state index in [2.05, 4.69) is 5.16 Å². The van der Waals surface area contributed by atoms with Crippen molar-refractivity contribution < 1.29 is 14.1 Å². The Bertz CT molecular complexity index is 880. The van der Waals surface area contributed by atoms with Gasteiger partial charge < -0.3 is 9.26 Å². The van der Waals surface area contributed by atoms with Gasteiger partial charge in [-0.15, -0.1) is 11.8 Å². The number of esters is 1. The monoisotopic (exact) mass is 367 g/mol. The summed E-state index contributed by atoms with van der Waals surface area (Å²) in [5.74, 6) is 1.20. The van der Waals surface area contributed by atoms with E-state index in [1.165, 1.54) is 5.56 Å². The van der Waals surface area contributed by atoms with Crippen LogP contribution in [-0.4, -0.2) is 11.1 Å². The van der Waals surface area contributed by atoms with Crippen molar-refractivity contribution >= 4 is 17.7 Å². The highest BCUT2D eigenvalue weighted by Gasteiger charge is 2.15. The molecule has 0 amide bonds. The lowest BCUT2D eigenvalue weighted by Crippen LogP contribution is -2.06. The second-order valence-electron chi connectivity index (χ2n) is 6.15. The third-order valence-electron chi connectivity index (χ3n) is 4.15. The van der Waals surface area contributed by atoms with Gasteiger partial charge >= 0.3 is 5.97 Å². The quantitative estimate of drug-likeness (QED) is 0.440. The number of carbonyl (C=O) groups excluding carboxylic acids is 1. The Balaban J connectivity index is 1.67. The van der Waals surface area contributed by atoms with Gasteiger partial charge in [0, 0.05) is 16.2 Å². The third kappa shape index (κ3) is 4.35. The molecule has 5 heteroatoms. The van der Waals surface area contributed by atoms with E-state index in [9.17, 15) is 4.79 Å². The van der Waals surface area contributed by atoms with Crippen LogP contribution in [0.2, 0.25) is 0 Å². The van der Waals surface area contributed by atoms with Gasteiger partial charge in [-0.05, 0) is 38.5 Å². The molecule has 0 atom stereocenters. The molecule has 0 N–H and O–H groups in total. The smallest absolute Gasteiger partial charge is 0.339 e. The highest BCUT2D eigenvalue weighted by Crippen LogP contribution is 2.29. The first-order valence-electron chi connectivity index (χ1n) is 8.41. The van der Waals surface area contributed by atoms with E-state index >= 15 is 0 Å². The van der Waals surface area contributed by atoms with Crippen molar-refractivity contribution in [3.63, 3.8) is 0 Å². The minimum absolute atomic E-state index is 0.266. The fourth-order valence-electron chi connectivity index (χ4n) is 2.53. The average molecular weight is 367 g/mol. The number of hydrogen-bond acceptors (Lipinski definition) is 5. The lowest BCUT2D eigenvalue weighted by molar-refractivity contribution is 0.0468. The van der Waals surface area contributed by atoms with Crippen molar-refractivity contribution in [2.24, 2.45) is 0 Å². The Morgan fingerprint density at radius 3 is 2.50 bits per heavy atom. The predicted octanol–water partition coefficient (Wildman–Crippen LogP) is 5.25. The van der Waals surface area contributed by atoms with Crippen LogP contribution in [0.3, 0.4) is 0 Å². The molecule has 4 nitrogen and oxygen atoms in total. The van der Waals surface area contributed by atoms with Gasteiger partial charge in [0.25, 0.3) is 0 Å². The zero-order valence-electron chi connectivity index (χ0n) is 15.1. The lowest BCUT2D eigenvalue weighted by atomic mass is 10.2. The molecule has 134 valence electrons. The number of benzene rings is 2. The summed E-state index contributed by atoms with van der Waals surface area (Å²) in [6.07, 6.45) is 0. The molecule has 0 aliphatic rings. The molecule has 0 aliphatic heterocycles. The number of rotatable bonds is 6. The van der Waals surface area contributed by atoms with Crippen LogP contribution in [0.15, 0.2) is 57.9 Å². The van der Waals surface area contributed by atoms with Crippen LogP contribution in [0.25, 0.3) is 0 Å². The first kappa shape index (κ1) is 18.3. The summed E-state index contributed by atoms with van der Waals surface area (Å²) in [6.45, 7) is 6.12. The minimum atomic E-state index is -0.313. The van der Waals surface area contributed by atoms with E-state index in [0.717, 1.165) is 27.5 Å². The van der Waals surface area contributed by atoms with E-state index in [-0.39, 0.29) is 12.6 Å².